The summed E-state index contributed by atoms with van der Waals surface area (Å²) in [5.41, 5.74) is 8.71. The Balaban J connectivity index is 1.24. The van der Waals surface area contributed by atoms with Gasteiger partial charge in [0.25, 0.3) is 0 Å². The second kappa shape index (κ2) is 11.6. The molecule has 0 amide bonds. The first-order chi connectivity index (χ1) is 24.8. The molecule has 10 aromatic rings. The Labute approximate surface area is 292 Å². The second-order valence-electron chi connectivity index (χ2n) is 12.5. The van der Waals surface area contributed by atoms with E-state index >= 15 is 0 Å². The molecule has 50 heavy (non-hydrogen) atoms. The van der Waals surface area contributed by atoms with Gasteiger partial charge >= 0.3 is 0 Å². The Bertz CT molecular complexity index is 2800. The summed E-state index contributed by atoms with van der Waals surface area (Å²) in [5, 5.41) is 4.82. The van der Waals surface area contributed by atoms with E-state index in [1.165, 1.54) is 42.0 Å². The number of rotatable bonds is 5. The third-order valence-corrected chi connectivity index (χ3v) is 10.6. The van der Waals surface area contributed by atoms with Gasteiger partial charge in [-0.3, -0.25) is 0 Å². The maximum absolute atomic E-state index is 5.18. The highest BCUT2D eigenvalue weighted by molar-refractivity contribution is 7.26. The van der Waals surface area contributed by atoms with Gasteiger partial charge in [-0.15, -0.1) is 11.3 Å². The van der Waals surface area contributed by atoms with Crippen LogP contribution < -0.4 is 0 Å². The van der Waals surface area contributed by atoms with Crippen LogP contribution in [0.15, 0.2) is 170 Å². The van der Waals surface area contributed by atoms with E-state index < -0.39 is 0 Å². The summed E-state index contributed by atoms with van der Waals surface area (Å²) < 4.78 is 4.80. The average Bonchev–Trinajstić information content (AvgIpc) is 3.74. The summed E-state index contributed by atoms with van der Waals surface area (Å²) >= 11 is 1.81. The first-order valence-electron chi connectivity index (χ1n) is 16.7. The van der Waals surface area contributed by atoms with Crippen molar-refractivity contribution in [3.63, 3.8) is 0 Å². The van der Waals surface area contributed by atoms with Crippen molar-refractivity contribution in [2.45, 2.75) is 0 Å². The molecule has 4 nitrogen and oxygen atoms in total. The number of thiophene rings is 1. The Kier molecular flexibility index (Phi) is 6.64. The van der Waals surface area contributed by atoms with Crippen LogP contribution in [0, 0.1) is 0 Å². The molecule has 0 N–H and O–H groups in total. The highest BCUT2D eigenvalue weighted by Gasteiger charge is 2.20. The molecule has 7 aromatic carbocycles. The molecule has 3 aromatic heterocycles. The molecule has 234 valence electrons. The van der Waals surface area contributed by atoms with Crippen molar-refractivity contribution in [3.8, 4) is 51.0 Å². The lowest BCUT2D eigenvalue weighted by atomic mass is 9.97. The number of aromatic nitrogens is 4. The van der Waals surface area contributed by atoms with Gasteiger partial charge in [0.2, 0.25) is 0 Å². The summed E-state index contributed by atoms with van der Waals surface area (Å²) in [7, 11) is 0. The normalized spacial score (nSPS) is 11.6. The molecule has 0 atom stereocenters. The van der Waals surface area contributed by atoms with Crippen molar-refractivity contribution < 1.29 is 0 Å². The molecule has 10 rings (SSSR count). The molecule has 3 heterocycles. The number of benzene rings is 7. The van der Waals surface area contributed by atoms with E-state index in [0.29, 0.717) is 17.5 Å². The predicted octanol–water partition coefficient (Wildman–Crippen LogP) is 12.0. The van der Waals surface area contributed by atoms with Gasteiger partial charge in [-0.1, -0.05) is 121 Å². The monoisotopic (exact) mass is 656 g/mol. The molecular weight excluding hydrogens is 629 g/mol. The van der Waals surface area contributed by atoms with Gasteiger partial charge in [0.15, 0.2) is 17.5 Å². The zero-order valence-corrected chi connectivity index (χ0v) is 27.7. The maximum atomic E-state index is 5.18. The molecule has 0 aliphatic heterocycles. The van der Waals surface area contributed by atoms with Gasteiger partial charge < -0.3 is 4.57 Å². The molecule has 0 saturated carbocycles. The van der Waals surface area contributed by atoms with E-state index in [0.717, 1.165) is 33.5 Å². The van der Waals surface area contributed by atoms with Crippen molar-refractivity contribution in [2.75, 3.05) is 0 Å². The van der Waals surface area contributed by atoms with Crippen LogP contribution >= 0.6 is 11.3 Å². The van der Waals surface area contributed by atoms with E-state index in [4.69, 9.17) is 15.0 Å². The maximum Gasteiger partial charge on any atom is 0.164 e. The first-order valence-corrected chi connectivity index (χ1v) is 17.5. The zero-order chi connectivity index (χ0) is 33.0. The molecule has 0 unspecified atom stereocenters. The third-order valence-electron chi connectivity index (χ3n) is 9.44. The van der Waals surface area contributed by atoms with Crippen molar-refractivity contribution in [3.05, 3.63) is 170 Å². The number of para-hydroxylation sites is 2. The second-order valence-corrected chi connectivity index (χ2v) is 13.5. The minimum atomic E-state index is 0.655. The summed E-state index contributed by atoms with van der Waals surface area (Å²) in [6.45, 7) is 0. The van der Waals surface area contributed by atoms with Gasteiger partial charge in [-0.2, -0.15) is 0 Å². The summed E-state index contributed by atoms with van der Waals surface area (Å²) in [6.07, 6.45) is 0. The lowest BCUT2D eigenvalue weighted by Gasteiger charge is -2.12. The smallest absolute Gasteiger partial charge is 0.164 e. The lowest BCUT2D eigenvalue weighted by Crippen LogP contribution is -2.00. The SMILES string of the molecule is c1ccc(-c2nc(-c3ccccc3)nc(-c3cc(-c4ccc5c(c4)c4ccccc4n5-c4ccccc4)cc4sc5ccccc5c34)n2)cc1. The van der Waals surface area contributed by atoms with Crippen LogP contribution in [0.1, 0.15) is 0 Å². The quantitative estimate of drug-likeness (QED) is 0.185. The zero-order valence-electron chi connectivity index (χ0n) is 26.9. The van der Waals surface area contributed by atoms with Crippen LogP contribution in [0.5, 0.6) is 0 Å². The van der Waals surface area contributed by atoms with Crippen molar-refractivity contribution in [2.24, 2.45) is 0 Å². The van der Waals surface area contributed by atoms with Gasteiger partial charge in [-0.25, -0.2) is 15.0 Å². The van der Waals surface area contributed by atoms with E-state index in [-0.39, 0.29) is 0 Å². The molecule has 0 fully saturated rings. The third kappa shape index (κ3) is 4.71. The van der Waals surface area contributed by atoms with Gasteiger partial charge in [0, 0.05) is 53.3 Å². The Morgan fingerprint density at radius 2 is 0.960 bits per heavy atom. The van der Waals surface area contributed by atoms with Crippen LogP contribution in [-0.2, 0) is 0 Å². The van der Waals surface area contributed by atoms with Crippen LogP contribution in [0.2, 0.25) is 0 Å². The van der Waals surface area contributed by atoms with Gasteiger partial charge in [0.1, 0.15) is 0 Å². The highest BCUT2D eigenvalue weighted by atomic mass is 32.1. The van der Waals surface area contributed by atoms with Crippen LogP contribution in [0.3, 0.4) is 0 Å². The van der Waals surface area contributed by atoms with E-state index in [1.54, 1.807) is 0 Å². The number of hydrogen-bond donors (Lipinski definition) is 0. The van der Waals surface area contributed by atoms with E-state index in [9.17, 15) is 0 Å². The Morgan fingerprint density at radius 1 is 0.380 bits per heavy atom. The van der Waals surface area contributed by atoms with Crippen LogP contribution in [0.4, 0.5) is 0 Å². The summed E-state index contributed by atoms with van der Waals surface area (Å²) in [4.78, 5) is 15.3. The minimum absolute atomic E-state index is 0.655. The molecule has 0 aliphatic carbocycles. The van der Waals surface area contributed by atoms with Crippen molar-refractivity contribution in [1.82, 2.24) is 19.5 Å². The number of fused-ring (bicyclic) bond motifs is 6. The van der Waals surface area contributed by atoms with Gasteiger partial charge in [-0.05, 0) is 59.7 Å². The molecule has 0 spiro atoms. The fraction of sp³-hybridized carbons (Fsp3) is 0. The fourth-order valence-electron chi connectivity index (χ4n) is 7.13. The largest absolute Gasteiger partial charge is 0.309 e. The van der Waals surface area contributed by atoms with E-state index in [2.05, 4.69) is 138 Å². The molecule has 0 saturated heterocycles. The first kappa shape index (κ1) is 28.6. The van der Waals surface area contributed by atoms with Crippen molar-refractivity contribution >= 4 is 53.3 Å². The predicted molar refractivity (Wildman–Crippen MR) is 209 cm³/mol. The molecule has 0 bridgehead atoms. The van der Waals surface area contributed by atoms with Gasteiger partial charge in [0.05, 0.1) is 11.0 Å². The van der Waals surface area contributed by atoms with Crippen LogP contribution in [-0.4, -0.2) is 19.5 Å². The molecule has 0 radical (unpaired) electrons. The van der Waals surface area contributed by atoms with E-state index in [1.807, 2.05) is 47.7 Å². The lowest BCUT2D eigenvalue weighted by molar-refractivity contribution is 1.08. The fourth-order valence-corrected chi connectivity index (χ4v) is 8.31. The number of nitrogens with zero attached hydrogens (tertiary/aromatic N) is 4. The number of hydrogen-bond acceptors (Lipinski definition) is 4. The average molecular weight is 657 g/mol. The molecular formula is C45H28N4S. The summed E-state index contributed by atoms with van der Waals surface area (Å²) in [6, 6.07) is 59.7. The molecule has 5 heteroatoms. The van der Waals surface area contributed by atoms with Crippen molar-refractivity contribution in [1.29, 1.82) is 0 Å². The standard InChI is InChI=1S/C45H28N4S/c1-4-14-29(15-5-1)43-46-44(30-16-6-2-7-17-30)48-45(47-43)37-27-32(28-41-42(37)35-21-11-13-23-40(35)50-41)31-24-25-39-36(26-31)34-20-10-12-22-38(34)49(39)33-18-8-3-9-19-33/h1-28H. The Hall–Kier alpha value is -6.43. The Morgan fingerprint density at radius 3 is 1.68 bits per heavy atom. The van der Waals surface area contributed by atoms with Crippen LogP contribution in [0.25, 0.3) is 93.0 Å². The summed E-state index contributed by atoms with van der Waals surface area (Å²) in [5.74, 6) is 1.97. The molecule has 0 aliphatic rings. The topological polar surface area (TPSA) is 43.6 Å². The minimum Gasteiger partial charge on any atom is -0.309 e. The highest BCUT2D eigenvalue weighted by Crippen LogP contribution is 2.43.